The Morgan fingerprint density at radius 1 is 1.03 bits per heavy atom. The molecule has 2 aromatic carbocycles. The van der Waals surface area contributed by atoms with Crippen molar-refractivity contribution in [3.63, 3.8) is 0 Å². The molecule has 0 aromatic heterocycles. The predicted molar refractivity (Wildman–Crippen MR) is 124 cm³/mol. The van der Waals surface area contributed by atoms with Crippen molar-refractivity contribution >= 4 is 17.6 Å². The molecule has 0 unspecified atom stereocenters. The van der Waals surface area contributed by atoms with Gasteiger partial charge in [-0.05, 0) is 42.0 Å². The molecule has 31 heavy (non-hydrogen) atoms. The van der Waals surface area contributed by atoms with E-state index in [4.69, 9.17) is 4.74 Å². The van der Waals surface area contributed by atoms with E-state index in [2.05, 4.69) is 30.9 Å². The number of rotatable bonds is 7. The zero-order chi connectivity index (χ0) is 22.4. The van der Waals surface area contributed by atoms with Crippen LogP contribution in [0.5, 0.6) is 0 Å². The lowest BCUT2D eigenvalue weighted by Gasteiger charge is -2.46. The first-order chi connectivity index (χ1) is 14.9. The van der Waals surface area contributed by atoms with Gasteiger partial charge < -0.3 is 4.74 Å². The molecule has 1 aliphatic heterocycles. The number of amides is 1. The monoisotopic (exact) mass is 422 g/mol. The van der Waals surface area contributed by atoms with Crippen molar-refractivity contribution in [2.24, 2.45) is 0 Å². The smallest absolute Gasteiger partial charge is 0.332 e. The maximum absolute atomic E-state index is 13.1. The van der Waals surface area contributed by atoms with Crippen LogP contribution in [-0.2, 0) is 20.9 Å². The molecule has 0 bridgehead atoms. The zero-order valence-electron chi connectivity index (χ0n) is 19.1. The van der Waals surface area contributed by atoms with Gasteiger partial charge in [-0.3, -0.25) is 14.6 Å². The average Bonchev–Trinajstić information content (AvgIpc) is 2.80. The number of anilines is 1. The van der Waals surface area contributed by atoms with Gasteiger partial charge in [0.15, 0.2) is 0 Å². The molecule has 1 fully saturated rings. The summed E-state index contributed by atoms with van der Waals surface area (Å²) in [6, 6.07) is 18.4. The van der Waals surface area contributed by atoms with Crippen molar-refractivity contribution in [1.29, 1.82) is 0 Å². The summed E-state index contributed by atoms with van der Waals surface area (Å²) in [7, 11) is 1.41. The Morgan fingerprint density at radius 2 is 1.65 bits per heavy atom. The van der Waals surface area contributed by atoms with Crippen LogP contribution in [0.25, 0.3) is 0 Å². The molecule has 3 rings (SSSR count). The van der Waals surface area contributed by atoms with E-state index in [9.17, 15) is 9.59 Å². The minimum absolute atomic E-state index is 0.0563. The first-order valence-electron chi connectivity index (χ1n) is 11.2. The minimum Gasteiger partial charge on any atom is -0.467 e. The fourth-order valence-corrected chi connectivity index (χ4v) is 4.43. The van der Waals surface area contributed by atoms with Gasteiger partial charge in [-0.25, -0.2) is 4.79 Å². The van der Waals surface area contributed by atoms with Crippen molar-refractivity contribution in [2.75, 3.05) is 25.1 Å². The molecular weight excluding hydrogens is 388 g/mol. The van der Waals surface area contributed by atoms with Crippen LogP contribution in [-0.4, -0.2) is 42.5 Å². The lowest BCUT2D eigenvalue weighted by Crippen LogP contribution is -2.62. The Morgan fingerprint density at radius 3 is 2.16 bits per heavy atom. The number of carbonyl (C=O) groups is 2. The third-order valence-corrected chi connectivity index (χ3v) is 6.30. The van der Waals surface area contributed by atoms with E-state index >= 15 is 0 Å². The van der Waals surface area contributed by atoms with Crippen molar-refractivity contribution in [3.05, 3.63) is 65.7 Å². The van der Waals surface area contributed by atoms with Crippen LogP contribution < -0.4 is 4.90 Å². The first kappa shape index (κ1) is 23.0. The molecule has 1 aliphatic rings. The molecule has 2 aromatic rings. The van der Waals surface area contributed by atoms with Crippen LogP contribution in [0.15, 0.2) is 54.6 Å². The number of likely N-dealkylation sites (tertiary alicyclic amines) is 1. The third-order valence-electron chi connectivity index (χ3n) is 6.30. The van der Waals surface area contributed by atoms with Crippen molar-refractivity contribution in [2.45, 2.75) is 58.0 Å². The van der Waals surface area contributed by atoms with Gasteiger partial charge in [0.25, 0.3) is 0 Å². The fourth-order valence-electron chi connectivity index (χ4n) is 4.43. The van der Waals surface area contributed by atoms with E-state index in [0.29, 0.717) is 25.2 Å². The number of methoxy groups -OCH3 is 1. The van der Waals surface area contributed by atoms with Gasteiger partial charge in [0.1, 0.15) is 5.54 Å². The lowest BCUT2D eigenvalue weighted by molar-refractivity contribution is -0.151. The van der Waals surface area contributed by atoms with E-state index in [-0.39, 0.29) is 11.9 Å². The van der Waals surface area contributed by atoms with Crippen molar-refractivity contribution in [3.8, 4) is 0 Å². The topological polar surface area (TPSA) is 49.9 Å². The number of hydrogen-bond acceptors (Lipinski definition) is 4. The SMILES string of the molecule is CCC(=O)N(c1ccc(C(C)C)cc1)C1(C(=O)OC)CCN(Cc2ccccc2)CC1. The highest BCUT2D eigenvalue weighted by atomic mass is 16.5. The highest BCUT2D eigenvalue weighted by Crippen LogP contribution is 2.36. The largest absolute Gasteiger partial charge is 0.467 e. The quantitative estimate of drug-likeness (QED) is 0.604. The molecule has 1 saturated heterocycles. The summed E-state index contributed by atoms with van der Waals surface area (Å²) in [4.78, 5) is 30.3. The average molecular weight is 423 g/mol. The molecule has 0 radical (unpaired) electrons. The molecule has 0 aliphatic carbocycles. The molecule has 166 valence electrons. The van der Waals surface area contributed by atoms with E-state index in [1.54, 1.807) is 4.90 Å². The Balaban J connectivity index is 1.89. The second-order valence-electron chi connectivity index (χ2n) is 8.61. The molecule has 5 heteroatoms. The lowest BCUT2D eigenvalue weighted by atomic mass is 9.84. The number of piperidine rings is 1. The number of ether oxygens (including phenoxy) is 1. The van der Waals surface area contributed by atoms with E-state index in [1.807, 2.05) is 49.4 Å². The van der Waals surface area contributed by atoms with Crippen LogP contribution in [0.1, 0.15) is 57.1 Å². The Hall–Kier alpha value is -2.66. The third kappa shape index (κ3) is 4.99. The van der Waals surface area contributed by atoms with Gasteiger partial charge in [0, 0.05) is 31.7 Å². The standard InChI is InChI=1S/C26H34N2O3/c1-5-24(29)28(23-13-11-22(12-14-23)20(2)3)26(25(30)31-4)15-17-27(18-16-26)19-21-9-7-6-8-10-21/h6-14,20H,5,15-19H2,1-4H3. The van der Waals surface area contributed by atoms with Gasteiger partial charge in [0.2, 0.25) is 5.91 Å². The fraction of sp³-hybridized carbons (Fsp3) is 0.462. The highest BCUT2D eigenvalue weighted by molar-refractivity contribution is 6.02. The molecule has 1 heterocycles. The maximum atomic E-state index is 13.1. The van der Waals surface area contributed by atoms with Crippen LogP contribution in [0.3, 0.4) is 0 Å². The Bertz CT molecular complexity index is 869. The van der Waals surface area contributed by atoms with Crippen LogP contribution in [0.2, 0.25) is 0 Å². The van der Waals surface area contributed by atoms with Crippen LogP contribution in [0.4, 0.5) is 5.69 Å². The molecule has 5 nitrogen and oxygen atoms in total. The summed E-state index contributed by atoms with van der Waals surface area (Å²) in [5.74, 6) is 0.0148. The Labute approximate surface area is 186 Å². The van der Waals surface area contributed by atoms with Crippen molar-refractivity contribution < 1.29 is 14.3 Å². The Kier molecular flexibility index (Phi) is 7.50. The van der Waals surface area contributed by atoms with Crippen LogP contribution >= 0.6 is 0 Å². The normalized spacial score (nSPS) is 16.2. The summed E-state index contributed by atoms with van der Waals surface area (Å²) in [6.45, 7) is 8.41. The van der Waals surface area contributed by atoms with E-state index < -0.39 is 5.54 Å². The highest BCUT2D eigenvalue weighted by Gasteiger charge is 2.49. The predicted octanol–water partition coefficient (Wildman–Crippen LogP) is 4.76. The first-order valence-corrected chi connectivity index (χ1v) is 11.2. The second kappa shape index (κ2) is 10.1. The zero-order valence-corrected chi connectivity index (χ0v) is 19.1. The van der Waals surface area contributed by atoms with Crippen molar-refractivity contribution in [1.82, 2.24) is 4.90 Å². The summed E-state index contributed by atoms with van der Waals surface area (Å²) < 4.78 is 5.25. The van der Waals surface area contributed by atoms with Gasteiger partial charge in [-0.1, -0.05) is 63.2 Å². The van der Waals surface area contributed by atoms with E-state index in [0.717, 1.165) is 25.3 Å². The molecule has 0 N–H and O–H groups in total. The van der Waals surface area contributed by atoms with Gasteiger partial charge in [0.05, 0.1) is 7.11 Å². The summed E-state index contributed by atoms with van der Waals surface area (Å²) in [5, 5.41) is 0. The maximum Gasteiger partial charge on any atom is 0.332 e. The molecule has 0 spiro atoms. The summed E-state index contributed by atoms with van der Waals surface area (Å²) in [5.41, 5.74) is 2.24. The van der Waals surface area contributed by atoms with Gasteiger partial charge in [-0.2, -0.15) is 0 Å². The number of hydrogen-bond donors (Lipinski definition) is 0. The van der Waals surface area contributed by atoms with Crippen LogP contribution in [0, 0.1) is 0 Å². The summed E-state index contributed by atoms with van der Waals surface area (Å²) >= 11 is 0. The number of nitrogens with zero attached hydrogens (tertiary/aromatic N) is 2. The number of carbonyl (C=O) groups excluding carboxylic acids is 2. The van der Waals surface area contributed by atoms with E-state index in [1.165, 1.54) is 18.2 Å². The minimum atomic E-state index is -0.978. The van der Waals surface area contributed by atoms with Gasteiger partial charge in [-0.15, -0.1) is 0 Å². The van der Waals surface area contributed by atoms with Gasteiger partial charge >= 0.3 is 5.97 Å². The molecule has 1 amide bonds. The molecule has 0 atom stereocenters. The molecular formula is C26H34N2O3. The number of esters is 1. The molecule has 0 saturated carbocycles. The number of benzene rings is 2. The second-order valence-corrected chi connectivity index (χ2v) is 8.61. The summed E-state index contributed by atoms with van der Waals surface area (Å²) in [6.07, 6.45) is 1.42.